The first-order valence-electron chi connectivity index (χ1n) is 6.11. The molecule has 3 nitrogen and oxygen atoms in total. The average Bonchev–Trinajstić information content (AvgIpc) is 2.20. The highest BCUT2D eigenvalue weighted by molar-refractivity contribution is 5.75. The highest BCUT2D eigenvalue weighted by Crippen LogP contribution is 2.04. The van der Waals surface area contributed by atoms with E-state index in [9.17, 15) is 4.79 Å². The molecule has 0 saturated carbocycles. The Kier molecular flexibility index (Phi) is 8.38. The molecule has 3 heteroatoms. The van der Waals surface area contributed by atoms with E-state index in [1.54, 1.807) is 0 Å². The number of amides is 1. The van der Waals surface area contributed by atoms with Crippen LogP contribution in [0.15, 0.2) is 0 Å². The van der Waals surface area contributed by atoms with Crippen molar-refractivity contribution < 1.29 is 4.79 Å². The molecule has 0 bridgehead atoms. The molecule has 0 aromatic carbocycles. The molecule has 0 heterocycles. The molecule has 0 aliphatic rings. The van der Waals surface area contributed by atoms with Crippen molar-refractivity contribution in [2.75, 3.05) is 13.1 Å². The zero-order valence-corrected chi connectivity index (χ0v) is 10.6. The van der Waals surface area contributed by atoms with E-state index in [2.05, 4.69) is 38.3 Å². The summed E-state index contributed by atoms with van der Waals surface area (Å²) in [7, 11) is 0. The normalized spacial score (nSPS) is 12.9. The zero-order chi connectivity index (χ0) is 11.7. The Morgan fingerprint density at radius 1 is 1.20 bits per heavy atom. The van der Waals surface area contributed by atoms with Gasteiger partial charge in [-0.25, -0.2) is 0 Å². The summed E-state index contributed by atoms with van der Waals surface area (Å²) in [5.41, 5.74) is 0. The molecule has 1 unspecified atom stereocenters. The van der Waals surface area contributed by atoms with Crippen LogP contribution in [0, 0.1) is 5.92 Å². The van der Waals surface area contributed by atoms with Gasteiger partial charge >= 0.3 is 0 Å². The first-order valence-corrected chi connectivity index (χ1v) is 6.11. The van der Waals surface area contributed by atoms with Crippen LogP contribution in [-0.4, -0.2) is 25.0 Å². The van der Waals surface area contributed by atoms with Gasteiger partial charge < -0.3 is 10.6 Å². The minimum atomic E-state index is 0.156. The third-order valence-corrected chi connectivity index (χ3v) is 2.58. The number of carbonyl (C=O) groups is 1. The topological polar surface area (TPSA) is 41.1 Å². The monoisotopic (exact) mass is 214 g/mol. The van der Waals surface area contributed by atoms with E-state index in [1.165, 1.54) is 0 Å². The van der Waals surface area contributed by atoms with E-state index < -0.39 is 0 Å². The molecule has 0 aromatic rings. The molecule has 0 rings (SSSR count). The van der Waals surface area contributed by atoms with Crippen LogP contribution < -0.4 is 10.6 Å². The van der Waals surface area contributed by atoms with Gasteiger partial charge in [0.05, 0.1) is 0 Å². The largest absolute Gasteiger partial charge is 0.356 e. The third-order valence-electron chi connectivity index (χ3n) is 2.58. The van der Waals surface area contributed by atoms with Crippen molar-refractivity contribution in [3.8, 4) is 0 Å². The number of hydrogen-bond donors (Lipinski definition) is 2. The zero-order valence-electron chi connectivity index (χ0n) is 10.6. The van der Waals surface area contributed by atoms with Crippen LogP contribution in [0.4, 0.5) is 0 Å². The van der Waals surface area contributed by atoms with Crippen LogP contribution in [0.1, 0.15) is 47.0 Å². The Morgan fingerprint density at radius 2 is 1.87 bits per heavy atom. The fraction of sp³-hybridized carbons (Fsp3) is 0.917. The summed E-state index contributed by atoms with van der Waals surface area (Å²) in [4.78, 5) is 11.3. The van der Waals surface area contributed by atoms with Crippen molar-refractivity contribution in [1.82, 2.24) is 10.6 Å². The molecule has 1 atom stereocenters. The molecule has 0 fully saturated rings. The first-order chi connectivity index (χ1) is 7.11. The minimum absolute atomic E-state index is 0.156. The van der Waals surface area contributed by atoms with Crippen molar-refractivity contribution in [2.45, 2.75) is 53.0 Å². The summed E-state index contributed by atoms with van der Waals surface area (Å²) in [6, 6.07) is 0.531. The summed E-state index contributed by atoms with van der Waals surface area (Å²) in [6.07, 6.45) is 2.71. The molecule has 0 aliphatic heterocycles. The number of nitrogens with one attached hydrogen (secondary N) is 2. The van der Waals surface area contributed by atoms with Crippen LogP contribution in [0.5, 0.6) is 0 Å². The Labute approximate surface area is 94.0 Å². The summed E-state index contributed by atoms with van der Waals surface area (Å²) < 4.78 is 0. The molecular weight excluding hydrogens is 188 g/mol. The smallest absolute Gasteiger partial charge is 0.221 e. The summed E-state index contributed by atoms with van der Waals surface area (Å²) >= 11 is 0. The molecule has 15 heavy (non-hydrogen) atoms. The highest BCUT2D eigenvalue weighted by atomic mass is 16.1. The van der Waals surface area contributed by atoms with Gasteiger partial charge in [0.15, 0.2) is 0 Å². The summed E-state index contributed by atoms with van der Waals surface area (Å²) in [6.45, 7) is 10.2. The number of rotatable bonds is 8. The lowest BCUT2D eigenvalue weighted by Gasteiger charge is -2.20. The molecule has 0 aromatic heterocycles. The van der Waals surface area contributed by atoms with E-state index in [4.69, 9.17) is 0 Å². The maximum Gasteiger partial charge on any atom is 0.221 e. The van der Waals surface area contributed by atoms with Crippen molar-refractivity contribution >= 4 is 5.91 Å². The maximum absolute atomic E-state index is 11.3. The molecule has 1 amide bonds. The Bertz CT molecular complexity index is 169. The van der Waals surface area contributed by atoms with Crippen LogP contribution in [-0.2, 0) is 4.79 Å². The summed E-state index contributed by atoms with van der Waals surface area (Å²) in [5, 5.41) is 6.29. The lowest BCUT2D eigenvalue weighted by atomic mass is 10.0. The molecule has 90 valence electrons. The Hall–Kier alpha value is -0.570. The number of carbonyl (C=O) groups excluding carboxylic acids is 1. The van der Waals surface area contributed by atoms with Gasteiger partial charge in [-0.2, -0.15) is 0 Å². The predicted molar refractivity (Wildman–Crippen MR) is 64.8 cm³/mol. The van der Waals surface area contributed by atoms with Crippen LogP contribution in [0.25, 0.3) is 0 Å². The van der Waals surface area contributed by atoms with Gasteiger partial charge in [0.2, 0.25) is 5.91 Å². The highest BCUT2D eigenvalue weighted by Gasteiger charge is 2.10. The third kappa shape index (κ3) is 7.37. The molecule has 0 aliphatic carbocycles. The second kappa shape index (κ2) is 8.72. The van der Waals surface area contributed by atoms with Crippen LogP contribution >= 0.6 is 0 Å². The Morgan fingerprint density at radius 3 is 2.33 bits per heavy atom. The first kappa shape index (κ1) is 14.4. The van der Waals surface area contributed by atoms with Crippen molar-refractivity contribution in [3.63, 3.8) is 0 Å². The SMILES string of the molecule is CCCNC(=O)CCNC(CC)C(C)C. The predicted octanol–water partition coefficient (Wildman–Crippen LogP) is 1.93. The average molecular weight is 214 g/mol. The van der Waals surface area contributed by atoms with E-state index in [1.807, 2.05) is 0 Å². The standard InChI is InChI=1S/C12H26N2O/c1-5-8-14-12(15)7-9-13-11(6-2)10(3)4/h10-11,13H,5-9H2,1-4H3,(H,14,15). The Balaban J connectivity index is 3.54. The molecule has 0 spiro atoms. The second-order valence-electron chi connectivity index (χ2n) is 4.31. The van der Waals surface area contributed by atoms with Gasteiger partial charge in [0.25, 0.3) is 0 Å². The maximum atomic E-state index is 11.3. The molecule has 0 saturated heterocycles. The fourth-order valence-electron chi connectivity index (χ4n) is 1.58. The number of hydrogen-bond acceptors (Lipinski definition) is 2. The van der Waals surface area contributed by atoms with Gasteiger partial charge in [-0.15, -0.1) is 0 Å². The lowest BCUT2D eigenvalue weighted by molar-refractivity contribution is -0.121. The fourth-order valence-corrected chi connectivity index (χ4v) is 1.58. The van der Waals surface area contributed by atoms with E-state index >= 15 is 0 Å². The van der Waals surface area contributed by atoms with Gasteiger partial charge in [0.1, 0.15) is 0 Å². The minimum Gasteiger partial charge on any atom is -0.356 e. The van der Waals surface area contributed by atoms with Gasteiger partial charge in [-0.1, -0.05) is 27.7 Å². The van der Waals surface area contributed by atoms with Gasteiger partial charge in [-0.3, -0.25) is 4.79 Å². The second-order valence-corrected chi connectivity index (χ2v) is 4.31. The van der Waals surface area contributed by atoms with E-state index in [0.717, 1.165) is 25.9 Å². The molecule has 0 radical (unpaired) electrons. The van der Waals surface area contributed by atoms with Crippen molar-refractivity contribution in [2.24, 2.45) is 5.92 Å². The van der Waals surface area contributed by atoms with Gasteiger partial charge in [-0.05, 0) is 18.8 Å². The quantitative estimate of drug-likeness (QED) is 0.648. The van der Waals surface area contributed by atoms with Crippen LogP contribution in [0.2, 0.25) is 0 Å². The summed E-state index contributed by atoms with van der Waals surface area (Å²) in [5.74, 6) is 0.789. The van der Waals surface area contributed by atoms with Crippen molar-refractivity contribution in [1.29, 1.82) is 0 Å². The van der Waals surface area contributed by atoms with Crippen molar-refractivity contribution in [3.05, 3.63) is 0 Å². The van der Waals surface area contributed by atoms with Gasteiger partial charge in [0, 0.05) is 25.6 Å². The lowest BCUT2D eigenvalue weighted by Crippen LogP contribution is -2.36. The molecule has 2 N–H and O–H groups in total. The van der Waals surface area contributed by atoms with E-state index in [0.29, 0.717) is 18.4 Å². The van der Waals surface area contributed by atoms with Crippen LogP contribution in [0.3, 0.4) is 0 Å². The molecular formula is C12H26N2O. The van der Waals surface area contributed by atoms with E-state index in [-0.39, 0.29) is 5.91 Å².